The van der Waals surface area contributed by atoms with Crippen molar-refractivity contribution in [2.45, 2.75) is 33.2 Å². The van der Waals surface area contributed by atoms with Crippen LogP contribution in [0.4, 0.5) is 5.82 Å². The Bertz CT molecular complexity index is 312. The minimum atomic E-state index is 0.646. The van der Waals surface area contributed by atoms with Gasteiger partial charge >= 0.3 is 0 Å². The lowest BCUT2D eigenvalue weighted by Crippen LogP contribution is -2.32. The van der Waals surface area contributed by atoms with Gasteiger partial charge in [0.15, 0.2) is 0 Å². The van der Waals surface area contributed by atoms with Crippen molar-refractivity contribution in [2.75, 3.05) is 25.5 Å². The van der Waals surface area contributed by atoms with Crippen LogP contribution in [0.15, 0.2) is 18.3 Å². The summed E-state index contributed by atoms with van der Waals surface area (Å²) >= 11 is 0. The van der Waals surface area contributed by atoms with Crippen LogP contribution >= 0.6 is 0 Å². The van der Waals surface area contributed by atoms with E-state index in [1.54, 1.807) is 0 Å². The maximum absolute atomic E-state index is 4.27. The lowest BCUT2D eigenvalue weighted by Gasteiger charge is -2.23. The number of aryl methyl sites for hydroxylation is 1. The van der Waals surface area contributed by atoms with Crippen molar-refractivity contribution in [3.63, 3.8) is 0 Å². The lowest BCUT2D eigenvalue weighted by atomic mass is 10.2. The highest BCUT2D eigenvalue weighted by atomic mass is 15.1. The van der Waals surface area contributed by atoms with E-state index in [9.17, 15) is 0 Å². The maximum atomic E-state index is 4.27. The van der Waals surface area contributed by atoms with Gasteiger partial charge in [0.2, 0.25) is 0 Å². The van der Waals surface area contributed by atoms with Crippen molar-refractivity contribution in [1.82, 2.24) is 9.88 Å². The van der Waals surface area contributed by atoms with Crippen LogP contribution in [0.2, 0.25) is 0 Å². The number of nitrogens with zero attached hydrogens (tertiary/aromatic N) is 2. The summed E-state index contributed by atoms with van der Waals surface area (Å²) in [4.78, 5) is 6.64. The number of likely N-dealkylation sites (N-methyl/N-ethyl adjacent to an activating group) is 1. The monoisotopic (exact) mass is 221 g/mol. The second-order valence-electron chi connectivity index (χ2n) is 4.38. The molecule has 1 unspecified atom stereocenters. The molecule has 0 saturated carbocycles. The van der Waals surface area contributed by atoms with Crippen LogP contribution in [0, 0.1) is 6.92 Å². The third kappa shape index (κ3) is 4.19. The molecule has 0 bridgehead atoms. The molecule has 0 spiro atoms. The minimum absolute atomic E-state index is 0.646. The van der Waals surface area contributed by atoms with Gasteiger partial charge in [0.25, 0.3) is 0 Å². The molecule has 90 valence electrons. The van der Waals surface area contributed by atoms with Crippen LogP contribution in [0.1, 0.15) is 25.8 Å². The van der Waals surface area contributed by atoms with Gasteiger partial charge in [-0.2, -0.15) is 0 Å². The van der Waals surface area contributed by atoms with Gasteiger partial charge in [-0.1, -0.05) is 6.92 Å². The predicted molar refractivity (Wildman–Crippen MR) is 69.8 cm³/mol. The average molecular weight is 221 g/mol. The van der Waals surface area contributed by atoms with Gasteiger partial charge in [-0.3, -0.25) is 0 Å². The SMILES string of the molecule is CCC(C)N(C)CCNc1cc(C)ccn1. The smallest absolute Gasteiger partial charge is 0.126 e. The van der Waals surface area contributed by atoms with E-state index in [0.29, 0.717) is 6.04 Å². The standard InChI is InChI=1S/C13H23N3/c1-5-12(3)16(4)9-8-15-13-10-11(2)6-7-14-13/h6-7,10,12H,5,8-9H2,1-4H3,(H,14,15). The van der Waals surface area contributed by atoms with E-state index in [2.05, 4.69) is 49.1 Å². The zero-order valence-corrected chi connectivity index (χ0v) is 10.8. The van der Waals surface area contributed by atoms with Crippen molar-refractivity contribution in [3.05, 3.63) is 23.9 Å². The molecule has 0 saturated heterocycles. The second-order valence-corrected chi connectivity index (χ2v) is 4.38. The number of hydrogen-bond donors (Lipinski definition) is 1. The Hall–Kier alpha value is -1.09. The Labute approximate surface area is 98.9 Å². The first-order valence-electron chi connectivity index (χ1n) is 6.00. The van der Waals surface area contributed by atoms with Gasteiger partial charge in [-0.05, 0) is 45.0 Å². The summed E-state index contributed by atoms with van der Waals surface area (Å²) in [6.07, 6.45) is 3.04. The molecule has 0 aliphatic heterocycles. The summed E-state index contributed by atoms with van der Waals surface area (Å²) in [5.41, 5.74) is 1.24. The van der Waals surface area contributed by atoms with Crippen LogP contribution in [0.25, 0.3) is 0 Å². The Morgan fingerprint density at radius 3 is 2.88 bits per heavy atom. The van der Waals surface area contributed by atoms with Gasteiger partial charge in [0.1, 0.15) is 5.82 Å². The van der Waals surface area contributed by atoms with Gasteiger partial charge < -0.3 is 10.2 Å². The molecular weight excluding hydrogens is 198 g/mol. The third-order valence-corrected chi connectivity index (χ3v) is 3.03. The van der Waals surface area contributed by atoms with E-state index in [1.165, 1.54) is 12.0 Å². The molecule has 0 aliphatic carbocycles. The number of rotatable bonds is 6. The van der Waals surface area contributed by atoms with Crippen LogP contribution in [0.3, 0.4) is 0 Å². The first-order valence-corrected chi connectivity index (χ1v) is 6.00. The van der Waals surface area contributed by atoms with Crippen LogP contribution in [-0.4, -0.2) is 36.1 Å². The zero-order valence-electron chi connectivity index (χ0n) is 10.8. The Kier molecular flexibility index (Phi) is 5.26. The lowest BCUT2D eigenvalue weighted by molar-refractivity contribution is 0.261. The summed E-state index contributed by atoms with van der Waals surface area (Å²) in [6.45, 7) is 8.54. The van der Waals surface area contributed by atoms with E-state index in [0.717, 1.165) is 18.9 Å². The van der Waals surface area contributed by atoms with E-state index >= 15 is 0 Å². The summed E-state index contributed by atoms with van der Waals surface area (Å²) in [5, 5.41) is 3.34. The first kappa shape index (κ1) is 13.0. The predicted octanol–water partition coefficient (Wildman–Crippen LogP) is 2.53. The molecule has 0 radical (unpaired) electrons. The fraction of sp³-hybridized carbons (Fsp3) is 0.615. The molecule has 1 aromatic heterocycles. The largest absolute Gasteiger partial charge is 0.369 e. The first-order chi connectivity index (χ1) is 7.63. The van der Waals surface area contributed by atoms with Crippen molar-refractivity contribution in [1.29, 1.82) is 0 Å². The highest BCUT2D eigenvalue weighted by Crippen LogP contribution is 2.05. The molecule has 16 heavy (non-hydrogen) atoms. The molecule has 1 rings (SSSR count). The highest BCUT2D eigenvalue weighted by Gasteiger charge is 2.05. The number of hydrogen-bond acceptors (Lipinski definition) is 3. The number of aromatic nitrogens is 1. The third-order valence-electron chi connectivity index (χ3n) is 3.03. The fourth-order valence-electron chi connectivity index (χ4n) is 1.53. The normalized spacial score (nSPS) is 12.8. The molecule has 3 heteroatoms. The number of anilines is 1. The molecule has 3 nitrogen and oxygen atoms in total. The van der Waals surface area contributed by atoms with Crippen molar-refractivity contribution in [2.24, 2.45) is 0 Å². The van der Waals surface area contributed by atoms with Crippen LogP contribution in [-0.2, 0) is 0 Å². The van der Waals surface area contributed by atoms with Crippen LogP contribution in [0.5, 0.6) is 0 Å². The molecule has 1 atom stereocenters. The van der Waals surface area contributed by atoms with E-state index in [1.807, 2.05) is 12.3 Å². The van der Waals surface area contributed by atoms with Gasteiger partial charge in [0.05, 0.1) is 0 Å². The summed E-state index contributed by atoms with van der Waals surface area (Å²) in [6, 6.07) is 4.73. The quantitative estimate of drug-likeness (QED) is 0.800. The molecule has 0 aromatic carbocycles. The van der Waals surface area contributed by atoms with Gasteiger partial charge in [-0.15, -0.1) is 0 Å². The van der Waals surface area contributed by atoms with Crippen molar-refractivity contribution >= 4 is 5.82 Å². The topological polar surface area (TPSA) is 28.2 Å². The van der Waals surface area contributed by atoms with Crippen LogP contribution < -0.4 is 5.32 Å². The van der Waals surface area contributed by atoms with Gasteiger partial charge in [-0.25, -0.2) is 4.98 Å². The van der Waals surface area contributed by atoms with Crippen molar-refractivity contribution < 1.29 is 0 Å². The van der Waals surface area contributed by atoms with E-state index in [4.69, 9.17) is 0 Å². The Morgan fingerprint density at radius 2 is 2.25 bits per heavy atom. The highest BCUT2D eigenvalue weighted by molar-refractivity contribution is 5.36. The van der Waals surface area contributed by atoms with Crippen molar-refractivity contribution in [3.8, 4) is 0 Å². The molecule has 0 fully saturated rings. The zero-order chi connectivity index (χ0) is 12.0. The summed E-state index contributed by atoms with van der Waals surface area (Å²) in [7, 11) is 2.17. The van der Waals surface area contributed by atoms with E-state index < -0.39 is 0 Å². The molecule has 0 amide bonds. The molecule has 1 aromatic rings. The minimum Gasteiger partial charge on any atom is -0.369 e. The molecular formula is C13H23N3. The van der Waals surface area contributed by atoms with E-state index in [-0.39, 0.29) is 0 Å². The van der Waals surface area contributed by atoms with Gasteiger partial charge in [0, 0.05) is 25.3 Å². The number of pyridine rings is 1. The summed E-state index contributed by atoms with van der Waals surface area (Å²) in [5.74, 6) is 0.970. The Balaban J connectivity index is 2.30. The summed E-state index contributed by atoms with van der Waals surface area (Å²) < 4.78 is 0. The Morgan fingerprint density at radius 1 is 1.50 bits per heavy atom. The molecule has 0 aliphatic rings. The molecule has 1 N–H and O–H groups in total. The average Bonchev–Trinajstić information content (AvgIpc) is 2.28. The second kappa shape index (κ2) is 6.48. The number of nitrogens with one attached hydrogen (secondary N) is 1. The maximum Gasteiger partial charge on any atom is 0.126 e. The molecule has 1 heterocycles. The fourth-order valence-corrected chi connectivity index (χ4v) is 1.53.